The van der Waals surface area contributed by atoms with Gasteiger partial charge in [0.25, 0.3) is 0 Å². The van der Waals surface area contributed by atoms with Crippen molar-refractivity contribution in [1.29, 1.82) is 0 Å². The fourth-order valence-corrected chi connectivity index (χ4v) is 0.895. The number of aliphatic carboxylic acids is 1. The Morgan fingerprint density at radius 3 is 2.56 bits per heavy atom. The summed E-state index contributed by atoms with van der Waals surface area (Å²) in [5, 5.41) is 11.2. The molecule has 0 spiro atoms. The average Bonchev–Trinajstić information content (AvgIpc) is 2.12. The Labute approximate surface area is 113 Å². The fraction of sp³-hybridized carbons (Fsp3) is 0.800. The molecular weight excluding hydrogens is 239 g/mol. The van der Waals surface area contributed by atoms with Gasteiger partial charge in [0.1, 0.15) is 6.04 Å². The summed E-state index contributed by atoms with van der Waals surface area (Å²) in [4.78, 5) is 10.1. The van der Waals surface area contributed by atoms with Crippen molar-refractivity contribution in [3.8, 4) is 0 Å². The Bertz CT molecular complexity index is 101. The second kappa shape index (κ2) is 5.17. The van der Waals surface area contributed by atoms with E-state index in [1.54, 1.807) is 0 Å². The first-order valence-electron chi connectivity index (χ1n) is 2.77. The predicted octanol–water partition coefficient (Wildman–Crippen LogP) is -0.558. The topological polar surface area (TPSA) is 49.3 Å². The van der Waals surface area contributed by atoms with Gasteiger partial charge in [-0.1, -0.05) is 0 Å². The van der Waals surface area contributed by atoms with Crippen LogP contribution in [-0.4, -0.2) is 92.6 Å². The van der Waals surface area contributed by atoms with Crippen molar-refractivity contribution in [2.24, 2.45) is 0 Å². The molecule has 0 saturated carbocycles. The van der Waals surface area contributed by atoms with E-state index < -0.39 is 5.97 Å². The second-order valence-electron chi connectivity index (χ2n) is 1.99. The Hall–Kier alpha value is 1.48. The molecule has 0 aromatic rings. The molecule has 0 amide bonds. The number of carboxylic acid groups (broad SMARTS) is 1. The van der Waals surface area contributed by atoms with E-state index in [2.05, 4.69) is 5.32 Å². The molecule has 47 valence electrons. The summed E-state index contributed by atoms with van der Waals surface area (Å²) in [5.74, 6) is -0.720. The Balaban J connectivity index is 0.000000640. The summed E-state index contributed by atoms with van der Waals surface area (Å²) >= 11 is 0. The molecule has 0 aromatic heterocycles. The van der Waals surface area contributed by atoms with Crippen LogP contribution >= 0.6 is 0 Å². The molecule has 1 radical (unpaired) electrons. The van der Waals surface area contributed by atoms with Crippen LogP contribution in [0.25, 0.3) is 0 Å². The number of carboxylic acids is 1. The van der Waals surface area contributed by atoms with Crippen LogP contribution in [-0.2, 0) is 4.79 Å². The van der Waals surface area contributed by atoms with E-state index >= 15 is 0 Å². The van der Waals surface area contributed by atoms with Crippen molar-refractivity contribution in [2.45, 2.75) is 18.9 Å². The largest absolute Gasteiger partial charge is 0.480 e. The number of nitrogens with one attached hydrogen (secondary N) is 1. The van der Waals surface area contributed by atoms with E-state index in [0.29, 0.717) is 0 Å². The predicted molar refractivity (Wildman–Crippen MR) is 34.4 cm³/mol. The first kappa shape index (κ1) is 10.5. The molecular formula is C5H9CsNO2. The van der Waals surface area contributed by atoms with Crippen LogP contribution < -0.4 is 5.32 Å². The van der Waals surface area contributed by atoms with Crippen molar-refractivity contribution >= 4 is 74.9 Å². The van der Waals surface area contributed by atoms with Crippen LogP contribution in [0.3, 0.4) is 0 Å². The van der Waals surface area contributed by atoms with Crippen molar-refractivity contribution in [2.75, 3.05) is 6.54 Å². The minimum absolute atomic E-state index is 0. The van der Waals surface area contributed by atoms with E-state index in [9.17, 15) is 4.79 Å². The van der Waals surface area contributed by atoms with Gasteiger partial charge < -0.3 is 10.4 Å². The molecule has 1 saturated heterocycles. The zero-order valence-electron chi connectivity index (χ0n) is 5.55. The maximum Gasteiger partial charge on any atom is 0.320 e. The van der Waals surface area contributed by atoms with Crippen molar-refractivity contribution in [3.05, 3.63) is 0 Å². The summed E-state index contributed by atoms with van der Waals surface area (Å²) in [6, 6.07) is -0.269. The molecule has 4 heteroatoms. The molecule has 1 aliphatic heterocycles. The van der Waals surface area contributed by atoms with E-state index in [-0.39, 0.29) is 74.9 Å². The van der Waals surface area contributed by atoms with Crippen LogP contribution in [0, 0.1) is 0 Å². The first-order chi connectivity index (χ1) is 3.80. The maximum absolute atomic E-state index is 10.1. The summed E-state index contributed by atoms with van der Waals surface area (Å²) in [5.41, 5.74) is 0. The summed E-state index contributed by atoms with van der Waals surface area (Å²) in [6.07, 6.45) is 1.78. The Morgan fingerprint density at radius 2 is 2.33 bits per heavy atom. The van der Waals surface area contributed by atoms with Gasteiger partial charge in [0.05, 0.1) is 0 Å². The van der Waals surface area contributed by atoms with Gasteiger partial charge in [-0.05, 0) is 19.4 Å². The SMILES string of the molecule is O=C(O)[C@@H]1CCCN1.[Cs]. The normalized spacial score (nSPS) is 25.1. The van der Waals surface area contributed by atoms with Crippen LogP contribution in [0.1, 0.15) is 12.8 Å². The van der Waals surface area contributed by atoms with Crippen LogP contribution in [0.15, 0.2) is 0 Å². The van der Waals surface area contributed by atoms with E-state index in [4.69, 9.17) is 5.11 Å². The third-order valence-electron chi connectivity index (χ3n) is 1.36. The van der Waals surface area contributed by atoms with Gasteiger partial charge in [-0.25, -0.2) is 0 Å². The van der Waals surface area contributed by atoms with Crippen molar-refractivity contribution in [3.63, 3.8) is 0 Å². The summed E-state index contributed by atoms with van der Waals surface area (Å²) in [7, 11) is 0. The van der Waals surface area contributed by atoms with E-state index in [0.717, 1.165) is 19.4 Å². The minimum Gasteiger partial charge on any atom is -0.480 e. The van der Waals surface area contributed by atoms with E-state index in [1.165, 1.54) is 0 Å². The average molecular weight is 248 g/mol. The molecule has 1 fully saturated rings. The fourth-order valence-electron chi connectivity index (χ4n) is 0.895. The molecule has 9 heavy (non-hydrogen) atoms. The number of hydrogen-bond donors (Lipinski definition) is 2. The number of rotatable bonds is 1. The standard InChI is InChI=1S/C5H9NO2.Cs/c7-5(8)4-2-1-3-6-4;/h4,6H,1-3H2,(H,7,8);/t4-;/m0./s1. The smallest absolute Gasteiger partial charge is 0.320 e. The molecule has 3 nitrogen and oxygen atoms in total. The van der Waals surface area contributed by atoms with Gasteiger partial charge in [0, 0.05) is 68.9 Å². The molecule has 1 atom stereocenters. The monoisotopic (exact) mass is 248 g/mol. The van der Waals surface area contributed by atoms with Crippen LogP contribution in [0.5, 0.6) is 0 Å². The number of carbonyl (C=O) groups is 1. The molecule has 0 unspecified atom stereocenters. The second-order valence-corrected chi connectivity index (χ2v) is 1.99. The quantitative estimate of drug-likeness (QED) is 0.654. The van der Waals surface area contributed by atoms with Gasteiger partial charge in [0.2, 0.25) is 0 Å². The zero-order chi connectivity index (χ0) is 5.98. The van der Waals surface area contributed by atoms with Crippen molar-refractivity contribution in [1.82, 2.24) is 5.32 Å². The van der Waals surface area contributed by atoms with Gasteiger partial charge >= 0.3 is 5.97 Å². The van der Waals surface area contributed by atoms with E-state index in [1.807, 2.05) is 0 Å². The molecule has 1 heterocycles. The Morgan fingerprint density at radius 1 is 1.67 bits per heavy atom. The first-order valence-corrected chi connectivity index (χ1v) is 2.77. The van der Waals surface area contributed by atoms with Crippen LogP contribution in [0.4, 0.5) is 0 Å². The Kier molecular flexibility index (Phi) is 6.03. The number of hydrogen-bond acceptors (Lipinski definition) is 2. The molecule has 0 bridgehead atoms. The van der Waals surface area contributed by atoms with Gasteiger partial charge in [-0.15, -0.1) is 0 Å². The third-order valence-corrected chi connectivity index (χ3v) is 1.36. The summed E-state index contributed by atoms with van der Waals surface area (Å²) in [6.45, 7) is 0.858. The maximum atomic E-state index is 10.1. The summed E-state index contributed by atoms with van der Waals surface area (Å²) < 4.78 is 0. The third kappa shape index (κ3) is 3.41. The molecule has 0 aromatic carbocycles. The molecule has 1 aliphatic rings. The zero-order valence-corrected chi connectivity index (χ0v) is 11.8. The van der Waals surface area contributed by atoms with Crippen molar-refractivity contribution < 1.29 is 9.90 Å². The van der Waals surface area contributed by atoms with Gasteiger partial charge in [-0.2, -0.15) is 0 Å². The van der Waals surface area contributed by atoms with Gasteiger partial charge in [0.15, 0.2) is 0 Å². The van der Waals surface area contributed by atoms with Gasteiger partial charge in [-0.3, -0.25) is 4.79 Å². The molecule has 0 aliphatic carbocycles. The van der Waals surface area contributed by atoms with Crippen LogP contribution in [0.2, 0.25) is 0 Å². The molecule has 1 rings (SSSR count). The minimum atomic E-state index is -0.720. The molecule has 2 N–H and O–H groups in total.